The van der Waals surface area contributed by atoms with E-state index in [0.717, 1.165) is 41.2 Å². The maximum absolute atomic E-state index is 12.9. The molecule has 1 saturated heterocycles. The molecule has 4 heterocycles. The average molecular weight is 493 g/mol. The van der Waals surface area contributed by atoms with Crippen molar-refractivity contribution in [3.05, 3.63) is 66.1 Å². The van der Waals surface area contributed by atoms with E-state index in [1.807, 2.05) is 48.2 Å². The van der Waals surface area contributed by atoms with E-state index in [1.54, 1.807) is 29.7 Å². The third-order valence-corrected chi connectivity index (χ3v) is 7.81. The summed E-state index contributed by atoms with van der Waals surface area (Å²) in [5.74, 6) is 1.16. The third-order valence-electron chi connectivity index (χ3n) is 5.66. The first kappa shape index (κ1) is 22.6. The molecule has 2 amide bonds. The summed E-state index contributed by atoms with van der Waals surface area (Å²) in [5, 5.41) is 3.96. The van der Waals surface area contributed by atoms with Gasteiger partial charge in [-0.3, -0.25) is 9.59 Å². The first-order valence-electron chi connectivity index (χ1n) is 11.2. The second-order valence-corrected chi connectivity index (χ2v) is 10.4. The lowest BCUT2D eigenvalue weighted by Crippen LogP contribution is -2.34. The van der Waals surface area contributed by atoms with Crippen LogP contribution in [0.4, 0.5) is 0 Å². The average Bonchev–Trinajstić information content (AvgIpc) is 3.62. The molecule has 1 unspecified atom stereocenters. The van der Waals surface area contributed by atoms with Crippen LogP contribution in [0.3, 0.4) is 0 Å². The number of hydrogen-bond acceptors (Lipinski definition) is 7. The van der Waals surface area contributed by atoms with Crippen molar-refractivity contribution in [2.75, 3.05) is 13.1 Å². The van der Waals surface area contributed by atoms with Crippen molar-refractivity contribution in [2.45, 2.75) is 36.6 Å². The minimum atomic E-state index is -0.305. The Morgan fingerprint density at radius 2 is 1.97 bits per heavy atom. The van der Waals surface area contributed by atoms with Gasteiger partial charge in [-0.05, 0) is 56.2 Å². The van der Waals surface area contributed by atoms with Gasteiger partial charge in [-0.1, -0.05) is 23.9 Å². The summed E-state index contributed by atoms with van der Waals surface area (Å²) in [7, 11) is 0. The smallest absolute Gasteiger partial charge is 0.254 e. The van der Waals surface area contributed by atoms with Crippen LogP contribution in [0.15, 0.2) is 64.2 Å². The Kier molecular flexibility index (Phi) is 6.64. The fraction of sp³-hybridized carbons (Fsp3) is 0.280. The summed E-state index contributed by atoms with van der Waals surface area (Å²) in [4.78, 5) is 36.5. The minimum Gasteiger partial charge on any atom is -0.457 e. The maximum Gasteiger partial charge on any atom is 0.254 e. The Hall–Kier alpha value is -3.17. The lowest BCUT2D eigenvalue weighted by atomic mass is 10.2. The van der Waals surface area contributed by atoms with Crippen molar-refractivity contribution >= 4 is 45.1 Å². The molecule has 1 aliphatic heterocycles. The predicted molar refractivity (Wildman–Crippen MR) is 134 cm³/mol. The largest absolute Gasteiger partial charge is 0.457 e. The van der Waals surface area contributed by atoms with E-state index >= 15 is 0 Å². The summed E-state index contributed by atoms with van der Waals surface area (Å²) in [6.45, 7) is 3.72. The minimum absolute atomic E-state index is 0.0949. The number of rotatable bonds is 7. The topological polar surface area (TPSA) is 88.3 Å². The van der Waals surface area contributed by atoms with Crippen LogP contribution >= 0.6 is 23.1 Å². The zero-order valence-electron chi connectivity index (χ0n) is 18.7. The Balaban J connectivity index is 1.23. The number of pyridine rings is 1. The van der Waals surface area contributed by atoms with E-state index in [0.29, 0.717) is 22.1 Å². The van der Waals surface area contributed by atoms with Gasteiger partial charge >= 0.3 is 0 Å². The number of thiazole rings is 1. The first-order valence-corrected chi connectivity index (χ1v) is 12.9. The summed E-state index contributed by atoms with van der Waals surface area (Å²) >= 11 is 2.89. The highest BCUT2D eigenvalue weighted by Gasteiger charge is 2.26. The Labute approximate surface area is 205 Å². The van der Waals surface area contributed by atoms with Gasteiger partial charge in [0.1, 0.15) is 10.8 Å². The number of para-hydroxylation sites is 1. The normalized spacial score (nSPS) is 14.4. The van der Waals surface area contributed by atoms with Crippen LogP contribution in [-0.4, -0.2) is 45.0 Å². The summed E-state index contributed by atoms with van der Waals surface area (Å²) in [6, 6.07) is 15.1. The Morgan fingerprint density at radius 1 is 1.15 bits per heavy atom. The number of thioether (sulfide) groups is 1. The number of nitrogens with zero attached hydrogens (tertiary/aromatic N) is 3. The van der Waals surface area contributed by atoms with Gasteiger partial charge in [0.05, 0.1) is 27.6 Å². The van der Waals surface area contributed by atoms with Gasteiger partial charge < -0.3 is 14.6 Å². The highest BCUT2D eigenvalue weighted by molar-refractivity contribution is 8.00. The first-order chi connectivity index (χ1) is 16.6. The zero-order valence-corrected chi connectivity index (χ0v) is 20.3. The predicted octanol–water partition coefficient (Wildman–Crippen LogP) is 4.98. The van der Waals surface area contributed by atoms with Crippen molar-refractivity contribution < 1.29 is 14.0 Å². The molecular weight excluding hydrogens is 468 g/mol. The lowest BCUT2D eigenvalue weighted by Gasteiger charge is -2.20. The molecule has 0 spiro atoms. The molecule has 4 aromatic rings. The lowest BCUT2D eigenvalue weighted by molar-refractivity contribution is -0.129. The number of benzene rings is 1. The summed E-state index contributed by atoms with van der Waals surface area (Å²) in [6.07, 6.45) is 3.74. The van der Waals surface area contributed by atoms with Gasteiger partial charge in [-0.2, -0.15) is 0 Å². The molecule has 34 heavy (non-hydrogen) atoms. The van der Waals surface area contributed by atoms with Gasteiger partial charge in [0, 0.05) is 19.3 Å². The van der Waals surface area contributed by atoms with Crippen molar-refractivity contribution in [1.29, 1.82) is 0 Å². The SMILES string of the molecule is CC(Sc1ncccc1C(=O)NCc1ccc(-c2nc3ccccc3s2)o1)C(=O)N1CCCC1. The molecule has 1 N–H and O–H groups in total. The number of likely N-dealkylation sites (tertiary alicyclic amines) is 1. The van der Waals surface area contributed by atoms with Crippen LogP contribution in [0.25, 0.3) is 21.0 Å². The van der Waals surface area contributed by atoms with E-state index in [2.05, 4.69) is 15.3 Å². The number of fused-ring (bicyclic) bond motifs is 1. The van der Waals surface area contributed by atoms with Crippen molar-refractivity contribution in [2.24, 2.45) is 0 Å². The van der Waals surface area contributed by atoms with E-state index in [-0.39, 0.29) is 23.6 Å². The van der Waals surface area contributed by atoms with E-state index in [4.69, 9.17) is 4.42 Å². The van der Waals surface area contributed by atoms with E-state index in [9.17, 15) is 9.59 Å². The van der Waals surface area contributed by atoms with Gasteiger partial charge in [-0.15, -0.1) is 11.3 Å². The molecule has 174 valence electrons. The zero-order chi connectivity index (χ0) is 23.5. The quantitative estimate of drug-likeness (QED) is 0.366. The summed E-state index contributed by atoms with van der Waals surface area (Å²) in [5.41, 5.74) is 1.39. The van der Waals surface area contributed by atoms with E-state index < -0.39 is 0 Å². The number of carbonyl (C=O) groups excluding carboxylic acids is 2. The fourth-order valence-electron chi connectivity index (χ4n) is 3.90. The second-order valence-electron chi connectivity index (χ2n) is 8.08. The van der Waals surface area contributed by atoms with Crippen LogP contribution in [-0.2, 0) is 11.3 Å². The van der Waals surface area contributed by atoms with Crippen LogP contribution in [0.2, 0.25) is 0 Å². The summed E-state index contributed by atoms with van der Waals surface area (Å²) < 4.78 is 7.03. The number of aromatic nitrogens is 2. The highest BCUT2D eigenvalue weighted by Crippen LogP contribution is 2.31. The molecule has 1 aliphatic rings. The number of amides is 2. The number of furan rings is 1. The highest BCUT2D eigenvalue weighted by atomic mass is 32.2. The standard InChI is InChI=1S/C25H24N4O3S2/c1-16(25(31)29-13-4-5-14-29)33-23-18(7-6-12-26-23)22(30)27-15-17-10-11-20(32-17)24-28-19-8-2-3-9-21(19)34-24/h2-3,6-12,16H,4-5,13-15H2,1H3,(H,27,30). The van der Waals surface area contributed by atoms with Crippen LogP contribution in [0.5, 0.6) is 0 Å². The van der Waals surface area contributed by atoms with Gasteiger partial charge in [0.15, 0.2) is 10.8 Å². The van der Waals surface area contributed by atoms with Crippen molar-refractivity contribution in [3.8, 4) is 10.8 Å². The molecular formula is C25H24N4O3S2. The second kappa shape index (κ2) is 9.99. The van der Waals surface area contributed by atoms with Crippen LogP contribution in [0.1, 0.15) is 35.9 Å². The molecule has 0 saturated carbocycles. The molecule has 0 bridgehead atoms. The monoisotopic (exact) mass is 492 g/mol. The van der Waals surface area contributed by atoms with Crippen molar-refractivity contribution in [1.82, 2.24) is 20.2 Å². The van der Waals surface area contributed by atoms with Gasteiger partial charge in [0.25, 0.3) is 5.91 Å². The molecule has 7 nitrogen and oxygen atoms in total. The molecule has 1 aromatic carbocycles. The van der Waals surface area contributed by atoms with Gasteiger partial charge in [0.2, 0.25) is 5.91 Å². The molecule has 3 aromatic heterocycles. The number of carbonyl (C=O) groups is 2. The molecule has 1 atom stereocenters. The third kappa shape index (κ3) is 4.85. The Morgan fingerprint density at radius 3 is 2.79 bits per heavy atom. The molecule has 1 fully saturated rings. The molecule has 0 radical (unpaired) electrons. The fourth-order valence-corrected chi connectivity index (χ4v) is 5.82. The Bertz CT molecular complexity index is 1290. The van der Waals surface area contributed by atoms with Crippen LogP contribution in [0, 0.1) is 0 Å². The van der Waals surface area contributed by atoms with Crippen LogP contribution < -0.4 is 5.32 Å². The molecule has 0 aliphatic carbocycles. The van der Waals surface area contributed by atoms with E-state index in [1.165, 1.54) is 11.8 Å². The van der Waals surface area contributed by atoms with Gasteiger partial charge in [-0.25, -0.2) is 9.97 Å². The molecule has 5 rings (SSSR count). The van der Waals surface area contributed by atoms with Crippen molar-refractivity contribution in [3.63, 3.8) is 0 Å². The maximum atomic E-state index is 12.9. The number of hydrogen-bond donors (Lipinski definition) is 1. The number of nitrogens with one attached hydrogen (secondary N) is 1. The molecule has 9 heteroatoms.